The molecule has 0 unspecified atom stereocenters. The Morgan fingerprint density at radius 2 is 1.08 bits per heavy atom. The van der Waals surface area contributed by atoms with E-state index in [4.69, 9.17) is 0 Å². The second-order valence-electron chi connectivity index (χ2n) is 6.83. The molecule has 25 heavy (non-hydrogen) atoms. The van der Waals surface area contributed by atoms with Crippen LogP contribution in [0.15, 0.2) is 84.9 Å². The van der Waals surface area contributed by atoms with Crippen LogP contribution in [0.1, 0.15) is 19.8 Å². The third kappa shape index (κ3) is 3.07. The lowest BCUT2D eigenvalue weighted by Crippen LogP contribution is -2.42. The van der Waals surface area contributed by atoms with Crippen molar-refractivity contribution in [1.82, 2.24) is 0 Å². The summed E-state index contributed by atoms with van der Waals surface area (Å²) in [7, 11) is 0. The summed E-state index contributed by atoms with van der Waals surface area (Å²) in [5.41, 5.74) is 2.92. The minimum absolute atomic E-state index is 0.442. The summed E-state index contributed by atoms with van der Waals surface area (Å²) in [6.45, 7) is 2.72. The molecule has 0 atom stereocenters. The molecule has 0 N–H and O–H groups in total. The summed E-state index contributed by atoms with van der Waals surface area (Å²) in [6.07, 6.45) is 3.67. The van der Waals surface area contributed by atoms with Gasteiger partial charge in [0.1, 0.15) is 0 Å². The molecule has 4 rings (SSSR count). The molecule has 0 fully saturated rings. The van der Waals surface area contributed by atoms with Gasteiger partial charge in [-0.3, -0.25) is 0 Å². The first-order valence-corrected chi connectivity index (χ1v) is 9.34. The first kappa shape index (κ1) is 16.0. The highest BCUT2D eigenvalue weighted by Crippen LogP contribution is 2.17. The van der Waals surface area contributed by atoms with E-state index < -0.39 is 0 Å². The molecule has 0 aliphatic heterocycles. The lowest BCUT2D eigenvalue weighted by atomic mass is 9.37. The summed E-state index contributed by atoms with van der Waals surface area (Å²) in [5, 5.41) is 5.45. The van der Waals surface area contributed by atoms with Crippen LogP contribution in [-0.2, 0) is 0 Å². The molecule has 0 nitrogen and oxygen atoms in total. The quantitative estimate of drug-likeness (QED) is 0.431. The van der Waals surface area contributed by atoms with Gasteiger partial charge in [0.2, 0.25) is 6.71 Å². The SMILES string of the molecule is CCCCB(c1cccc2ccccc12)c1cccc2ccccc12. The number of hydrogen-bond donors (Lipinski definition) is 0. The lowest BCUT2D eigenvalue weighted by molar-refractivity contribution is 0.878. The highest BCUT2D eigenvalue weighted by atomic mass is 14.0. The maximum Gasteiger partial charge on any atom is 0.210 e. The van der Waals surface area contributed by atoms with Gasteiger partial charge in [-0.1, -0.05) is 122 Å². The van der Waals surface area contributed by atoms with E-state index in [9.17, 15) is 0 Å². The van der Waals surface area contributed by atoms with Crippen LogP contribution in [0.3, 0.4) is 0 Å². The van der Waals surface area contributed by atoms with Gasteiger partial charge in [-0.25, -0.2) is 0 Å². The van der Waals surface area contributed by atoms with Crippen molar-refractivity contribution in [2.75, 3.05) is 0 Å². The van der Waals surface area contributed by atoms with Crippen molar-refractivity contribution in [3.8, 4) is 0 Å². The smallest absolute Gasteiger partial charge is 0.0667 e. The molecule has 0 saturated carbocycles. The van der Waals surface area contributed by atoms with Crippen LogP contribution < -0.4 is 10.9 Å². The van der Waals surface area contributed by atoms with Crippen LogP contribution in [0.2, 0.25) is 6.32 Å². The Kier molecular flexibility index (Phi) is 4.56. The maximum absolute atomic E-state index is 2.32. The summed E-state index contributed by atoms with van der Waals surface area (Å²) >= 11 is 0. The Balaban J connectivity index is 1.94. The maximum atomic E-state index is 2.32. The van der Waals surface area contributed by atoms with Gasteiger partial charge in [-0.15, -0.1) is 0 Å². The van der Waals surface area contributed by atoms with Gasteiger partial charge in [-0.2, -0.15) is 0 Å². The van der Waals surface area contributed by atoms with Crippen molar-refractivity contribution in [3.63, 3.8) is 0 Å². The van der Waals surface area contributed by atoms with Gasteiger partial charge >= 0.3 is 0 Å². The summed E-state index contributed by atoms with van der Waals surface area (Å²) in [4.78, 5) is 0. The van der Waals surface area contributed by atoms with E-state index in [-0.39, 0.29) is 0 Å². The first-order chi connectivity index (χ1) is 12.4. The van der Waals surface area contributed by atoms with Gasteiger partial charge < -0.3 is 0 Å². The molecule has 4 aromatic rings. The summed E-state index contributed by atoms with van der Waals surface area (Å²) < 4.78 is 0. The first-order valence-electron chi connectivity index (χ1n) is 9.34. The van der Waals surface area contributed by atoms with Gasteiger partial charge in [0.15, 0.2) is 0 Å². The fourth-order valence-electron chi connectivity index (χ4n) is 4.00. The zero-order chi connectivity index (χ0) is 17.1. The molecule has 0 aromatic heterocycles. The van der Waals surface area contributed by atoms with E-state index in [0.717, 1.165) is 0 Å². The molecule has 122 valence electrons. The second-order valence-corrected chi connectivity index (χ2v) is 6.83. The fraction of sp³-hybridized carbons (Fsp3) is 0.167. The van der Waals surface area contributed by atoms with Crippen LogP contribution >= 0.6 is 0 Å². The second kappa shape index (κ2) is 7.15. The molecule has 0 aliphatic carbocycles. The average molecular weight is 322 g/mol. The normalized spacial score (nSPS) is 11.1. The van der Waals surface area contributed by atoms with Crippen molar-refractivity contribution in [1.29, 1.82) is 0 Å². The molecule has 0 bridgehead atoms. The molecule has 0 aliphatic rings. The Morgan fingerprint density at radius 3 is 1.60 bits per heavy atom. The van der Waals surface area contributed by atoms with Gasteiger partial charge in [0.05, 0.1) is 0 Å². The van der Waals surface area contributed by atoms with E-state index in [1.54, 1.807) is 0 Å². The van der Waals surface area contributed by atoms with Crippen molar-refractivity contribution in [3.05, 3.63) is 84.9 Å². The van der Waals surface area contributed by atoms with Gasteiger partial charge in [0, 0.05) is 0 Å². The standard InChI is InChI=1S/C24H23B/c1-2-3-18-25(23-16-8-12-19-10-4-6-14-21(19)23)24-17-9-13-20-11-5-7-15-22(20)24/h4-17H,2-3,18H2,1H3. The van der Waals surface area contributed by atoms with E-state index in [2.05, 4.69) is 91.9 Å². The number of unbranched alkanes of at least 4 members (excludes halogenated alkanes) is 1. The Hall–Kier alpha value is -2.54. The molecule has 0 radical (unpaired) electrons. The van der Waals surface area contributed by atoms with Crippen molar-refractivity contribution in [2.45, 2.75) is 26.1 Å². The Bertz CT molecular complexity index is 913. The zero-order valence-electron chi connectivity index (χ0n) is 14.8. The number of hydrogen-bond acceptors (Lipinski definition) is 0. The van der Waals surface area contributed by atoms with E-state index in [1.807, 2.05) is 0 Å². The van der Waals surface area contributed by atoms with Crippen molar-refractivity contribution >= 4 is 39.2 Å². The molecule has 0 spiro atoms. The summed E-state index contributed by atoms with van der Waals surface area (Å²) in [6, 6.07) is 31.1. The van der Waals surface area contributed by atoms with E-state index in [0.29, 0.717) is 6.71 Å². The molecule has 1 heteroatoms. The van der Waals surface area contributed by atoms with Crippen LogP contribution in [0, 0.1) is 0 Å². The van der Waals surface area contributed by atoms with Gasteiger partial charge in [-0.05, 0) is 21.5 Å². The predicted molar refractivity (Wildman–Crippen MR) is 113 cm³/mol. The van der Waals surface area contributed by atoms with E-state index >= 15 is 0 Å². The summed E-state index contributed by atoms with van der Waals surface area (Å²) in [5.74, 6) is 0. The number of benzene rings is 4. The molecular formula is C24H23B. The fourth-order valence-corrected chi connectivity index (χ4v) is 4.00. The molecular weight excluding hydrogens is 299 g/mol. The minimum Gasteiger partial charge on any atom is -0.0667 e. The van der Waals surface area contributed by atoms with Gasteiger partial charge in [0.25, 0.3) is 0 Å². The number of fused-ring (bicyclic) bond motifs is 2. The number of rotatable bonds is 5. The van der Waals surface area contributed by atoms with Crippen molar-refractivity contribution in [2.24, 2.45) is 0 Å². The predicted octanol–water partition coefficient (Wildman–Crippen LogP) is 5.40. The third-order valence-electron chi connectivity index (χ3n) is 5.24. The zero-order valence-corrected chi connectivity index (χ0v) is 14.8. The van der Waals surface area contributed by atoms with Crippen LogP contribution in [0.4, 0.5) is 0 Å². The molecule has 0 amide bonds. The Morgan fingerprint density at radius 1 is 0.600 bits per heavy atom. The minimum atomic E-state index is 0.442. The molecule has 0 saturated heterocycles. The largest absolute Gasteiger partial charge is 0.210 e. The van der Waals surface area contributed by atoms with Crippen LogP contribution in [0.25, 0.3) is 21.5 Å². The van der Waals surface area contributed by atoms with Crippen molar-refractivity contribution < 1.29 is 0 Å². The third-order valence-corrected chi connectivity index (χ3v) is 5.24. The molecule has 4 aromatic carbocycles. The Labute approximate surface area is 150 Å². The topological polar surface area (TPSA) is 0 Å². The van der Waals surface area contributed by atoms with Crippen LogP contribution in [-0.4, -0.2) is 6.71 Å². The average Bonchev–Trinajstić information content (AvgIpc) is 2.68. The molecule has 0 heterocycles. The lowest BCUT2D eigenvalue weighted by Gasteiger charge is -2.19. The monoisotopic (exact) mass is 322 g/mol. The highest BCUT2D eigenvalue weighted by molar-refractivity contribution is 6.88. The van der Waals surface area contributed by atoms with Crippen LogP contribution in [0.5, 0.6) is 0 Å². The highest BCUT2D eigenvalue weighted by Gasteiger charge is 2.22. The van der Waals surface area contributed by atoms with E-state index in [1.165, 1.54) is 51.6 Å².